The average molecular weight is 373 g/mol. The van der Waals surface area contributed by atoms with Gasteiger partial charge in [0.1, 0.15) is 0 Å². The Morgan fingerprint density at radius 2 is 1.75 bits per heavy atom. The molecule has 28 heavy (non-hydrogen) atoms. The number of nitrogens with zero attached hydrogens (tertiary/aromatic N) is 1. The first-order valence-electron chi connectivity index (χ1n) is 10.2. The van der Waals surface area contributed by atoms with Crippen LogP contribution in [0.2, 0.25) is 0 Å². The molecule has 1 fully saturated rings. The zero-order chi connectivity index (χ0) is 19.3. The van der Waals surface area contributed by atoms with E-state index in [0.29, 0.717) is 6.42 Å². The molecule has 2 aliphatic rings. The number of likely N-dealkylation sites (tertiary alicyclic amines) is 1. The summed E-state index contributed by atoms with van der Waals surface area (Å²) in [6.45, 7) is -0.0225. The van der Waals surface area contributed by atoms with Crippen LogP contribution in [0.25, 0.3) is 11.1 Å². The number of allylic oxidation sites excluding steroid dienone is 2. The van der Waals surface area contributed by atoms with E-state index in [-0.39, 0.29) is 24.6 Å². The van der Waals surface area contributed by atoms with E-state index >= 15 is 0 Å². The Morgan fingerprint density at radius 3 is 2.43 bits per heavy atom. The number of hydrogen-bond donors (Lipinski definition) is 1. The van der Waals surface area contributed by atoms with Crippen LogP contribution in [0.5, 0.6) is 0 Å². The van der Waals surface area contributed by atoms with Crippen LogP contribution < -0.4 is 0 Å². The van der Waals surface area contributed by atoms with Crippen LogP contribution in [0.15, 0.2) is 78.4 Å². The predicted molar refractivity (Wildman–Crippen MR) is 113 cm³/mol. The van der Waals surface area contributed by atoms with E-state index in [2.05, 4.69) is 66.8 Å². The Morgan fingerprint density at radius 1 is 1.00 bits per heavy atom. The molecule has 0 aromatic heterocycles. The van der Waals surface area contributed by atoms with Gasteiger partial charge in [-0.15, -0.1) is 0 Å². The number of aliphatic hydroxyl groups excluding tert-OH is 1. The molecule has 0 bridgehead atoms. The van der Waals surface area contributed by atoms with Gasteiger partial charge in [-0.2, -0.15) is 0 Å². The molecule has 1 aliphatic heterocycles. The van der Waals surface area contributed by atoms with Crippen molar-refractivity contribution in [1.82, 2.24) is 4.90 Å². The molecule has 2 aromatic rings. The molecule has 4 rings (SSSR count). The molecule has 2 atom stereocenters. The van der Waals surface area contributed by atoms with Crippen molar-refractivity contribution in [2.75, 3.05) is 6.61 Å². The smallest absolute Gasteiger partial charge is 0.223 e. The van der Waals surface area contributed by atoms with Crippen molar-refractivity contribution >= 4 is 5.91 Å². The normalized spacial score (nSPS) is 20.3. The highest BCUT2D eigenvalue weighted by molar-refractivity contribution is 5.80. The zero-order valence-electron chi connectivity index (χ0n) is 16.1. The fourth-order valence-corrected chi connectivity index (χ4v) is 4.36. The number of carbonyl (C=O) groups excluding carboxylic acids is 1. The minimum absolute atomic E-state index is 0.0225. The van der Waals surface area contributed by atoms with Gasteiger partial charge in [-0.05, 0) is 47.9 Å². The van der Waals surface area contributed by atoms with Gasteiger partial charge in [0.25, 0.3) is 0 Å². The number of hydrogen-bond acceptors (Lipinski definition) is 2. The molecule has 2 aromatic carbocycles. The fraction of sp³-hybridized carbons (Fsp3) is 0.320. The first kappa shape index (κ1) is 18.7. The molecule has 1 amide bonds. The van der Waals surface area contributed by atoms with Gasteiger partial charge in [-0.3, -0.25) is 4.79 Å². The molecule has 1 saturated heterocycles. The van der Waals surface area contributed by atoms with Gasteiger partial charge in [-0.1, -0.05) is 72.8 Å². The summed E-state index contributed by atoms with van der Waals surface area (Å²) in [4.78, 5) is 14.6. The Bertz CT molecular complexity index is 867. The molecule has 144 valence electrons. The third-order valence-corrected chi connectivity index (χ3v) is 5.82. The Kier molecular flexibility index (Phi) is 5.73. The fourth-order valence-electron chi connectivity index (χ4n) is 4.36. The number of benzene rings is 2. The van der Waals surface area contributed by atoms with Gasteiger partial charge >= 0.3 is 0 Å². The average Bonchev–Trinajstić information content (AvgIpc) is 3.11. The Labute approximate surface area is 167 Å². The minimum Gasteiger partial charge on any atom is -0.394 e. The predicted octanol–water partition coefficient (Wildman–Crippen LogP) is 4.52. The summed E-state index contributed by atoms with van der Waals surface area (Å²) in [7, 11) is 0. The third kappa shape index (κ3) is 3.95. The lowest BCUT2D eigenvalue weighted by atomic mass is 9.96. The Hall–Kier alpha value is -2.65. The number of amides is 1. The van der Waals surface area contributed by atoms with Crippen LogP contribution in [-0.2, 0) is 11.2 Å². The topological polar surface area (TPSA) is 40.5 Å². The first-order chi connectivity index (χ1) is 13.8. The van der Waals surface area contributed by atoms with Gasteiger partial charge in [0.2, 0.25) is 5.91 Å². The number of carbonyl (C=O) groups is 1. The van der Waals surface area contributed by atoms with Crippen LogP contribution >= 0.6 is 0 Å². The van der Waals surface area contributed by atoms with Crippen molar-refractivity contribution in [1.29, 1.82) is 0 Å². The highest BCUT2D eigenvalue weighted by Gasteiger charge is 2.37. The molecule has 1 heterocycles. The van der Waals surface area contributed by atoms with Gasteiger partial charge in [-0.25, -0.2) is 0 Å². The second kappa shape index (κ2) is 8.57. The quantitative estimate of drug-likeness (QED) is 0.808. The summed E-state index contributed by atoms with van der Waals surface area (Å²) in [5.41, 5.74) is 4.72. The molecular weight excluding hydrogens is 346 g/mol. The highest BCUT2D eigenvalue weighted by atomic mass is 16.3. The van der Waals surface area contributed by atoms with Crippen molar-refractivity contribution < 1.29 is 9.90 Å². The van der Waals surface area contributed by atoms with E-state index in [0.717, 1.165) is 31.3 Å². The van der Waals surface area contributed by atoms with E-state index in [4.69, 9.17) is 0 Å². The molecular formula is C25H27NO2. The van der Waals surface area contributed by atoms with Crippen LogP contribution in [0, 0.1) is 0 Å². The number of rotatable bonds is 6. The first-order valence-corrected chi connectivity index (χ1v) is 10.2. The highest BCUT2D eigenvalue weighted by Crippen LogP contribution is 2.30. The monoisotopic (exact) mass is 373 g/mol. The van der Waals surface area contributed by atoms with Gasteiger partial charge in [0.15, 0.2) is 0 Å². The second-order valence-corrected chi connectivity index (χ2v) is 7.64. The van der Waals surface area contributed by atoms with Crippen molar-refractivity contribution in [2.45, 2.75) is 44.2 Å². The van der Waals surface area contributed by atoms with Crippen molar-refractivity contribution in [3.63, 3.8) is 0 Å². The SMILES string of the molecule is O=C1CCC(Cc2ccc(-c3ccccc3)cc2)N1C(CO)C1=CCCC=C1. The summed E-state index contributed by atoms with van der Waals surface area (Å²) in [6.07, 6.45) is 10.6. The summed E-state index contributed by atoms with van der Waals surface area (Å²) < 4.78 is 0. The molecule has 3 heteroatoms. The van der Waals surface area contributed by atoms with E-state index in [1.807, 2.05) is 11.0 Å². The molecule has 3 nitrogen and oxygen atoms in total. The van der Waals surface area contributed by atoms with E-state index in [1.54, 1.807) is 0 Å². The van der Waals surface area contributed by atoms with Crippen molar-refractivity contribution in [3.8, 4) is 11.1 Å². The van der Waals surface area contributed by atoms with Crippen LogP contribution in [0.1, 0.15) is 31.2 Å². The van der Waals surface area contributed by atoms with Crippen LogP contribution in [-0.4, -0.2) is 34.6 Å². The molecule has 0 spiro atoms. The molecule has 0 saturated carbocycles. The van der Waals surface area contributed by atoms with Crippen LogP contribution in [0.3, 0.4) is 0 Å². The molecule has 1 N–H and O–H groups in total. The lowest BCUT2D eigenvalue weighted by Crippen LogP contribution is -2.45. The van der Waals surface area contributed by atoms with Crippen molar-refractivity contribution in [3.05, 3.63) is 84.0 Å². The molecule has 2 unspecified atom stereocenters. The third-order valence-electron chi connectivity index (χ3n) is 5.82. The lowest BCUT2D eigenvalue weighted by molar-refractivity contribution is -0.131. The van der Waals surface area contributed by atoms with Gasteiger partial charge in [0, 0.05) is 12.5 Å². The largest absolute Gasteiger partial charge is 0.394 e. The van der Waals surface area contributed by atoms with Crippen LogP contribution in [0.4, 0.5) is 0 Å². The summed E-state index contributed by atoms with van der Waals surface area (Å²) >= 11 is 0. The maximum absolute atomic E-state index is 12.6. The standard InChI is InChI=1S/C25H27NO2/c27-18-24(22-9-5-2-6-10-22)26-23(15-16-25(26)28)17-19-11-13-21(14-12-19)20-7-3-1-4-8-20/h1,3-5,7-14,23-24,27H,2,6,15-18H2. The summed E-state index contributed by atoms with van der Waals surface area (Å²) in [5.74, 6) is 0.157. The van der Waals surface area contributed by atoms with Gasteiger partial charge < -0.3 is 10.0 Å². The molecule has 1 aliphatic carbocycles. The number of aliphatic hydroxyl groups is 1. The molecule has 0 radical (unpaired) electrons. The zero-order valence-corrected chi connectivity index (χ0v) is 16.1. The van der Waals surface area contributed by atoms with Gasteiger partial charge in [0.05, 0.1) is 12.6 Å². The summed E-state index contributed by atoms with van der Waals surface area (Å²) in [5, 5.41) is 10.0. The van der Waals surface area contributed by atoms with Crippen molar-refractivity contribution in [2.24, 2.45) is 0 Å². The van der Waals surface area contributed by atoms with E-state index < -0.39 is 0 Å². The van der Waals surface area contributed by atoms with E-state index in [1.165, 1.54) is 16.7 Å². The Balaban J connectivity index is 1.51. The lowest BCUT2D eigenvalue weighted by Gasteiger charge is -2.34. The maximum atomic E-state index is 12.6. The maximum Gasteiger partial charge on any atom is 0.223 e. The second-order valence-electron chi connectivity index (χ2n) is 7.64. The minimum atomic E-state index is -0.222. The summed E-state index contributed by atoms with van der Waals surface area (Å²) in [6, 6.07) is 18.9. The van der Waals surface area contributed by atoms with E-state index in [9.17, 15) is 9.90 Å².